The first-order valence-corrected chi connectivity index (χ1v) is 6.61. The normalized spacial score (nSPS) is 23.4. The number of fused-ring (bicyclic) bond motifs is 1. The Morgan fingerprint density at radius 2 is 2.12 bits per heavy atom. The van der Waals surface area contributed by atoms with Gasteiger partial charge in [0.15, 0.2) is 0 Å². The van der Waals surface area contributed by atoms with Crippen molar-refractivity contribution in [2.24, 2.45) is 5.92 Å². The van der Waals surface area contributed by atoms with Gasteiger partial charge in [0.2, 0.25) is 0 Å². The molecule has 1 aromatic carbocycles. The van der Waals surface area contributed by atoms with Crippen LogP contribution in [0.15, 0.2) is 24.3 Å². The van der Waals surface area contributed by atoms with E-state index in [-0.39, 0.29) is 0 Å². The average molecular weight is 217 g/mol. The van der Waals surface area contributed by atoms with E-state index in [0.717, 1.165) is 11.8 Å². The Morgan fingerprint density at radius 3 is 2.88 bits per heavy atom. The summed E-state index contributed by atoms with van der Waals surface area (Å²) in [6, 6.07) is 8.92. The third-order valence-electron chi connectivity index (χ3n) is 3.85. The van der Waals surface area contributed by atoms with Gasteiger partial charge in [-0.2, -0.15) is 0 Å². The summed E-state index contributed by atoms with van der Waals surface area (Å²) in [7, 11) is 0. The maximum Gasteiger partial charge on any atom is -0.00116 e. The lowest BCUT2D eigenvalue weighted by molar-refractivity contribution is 0.440. The maximum absolute atomic E-state index is 3.59. The highest BCUT2D eigenvalue weighted by molar-refractivity contribution is 5.35. The van der Waals surface area contributed by atoms with E-state index in [1.54, 1.807) is 11.1 Å². The van der Waals surface area contributed by atoms with Crippen LogP contribution in [-0.2, 0) is 6.42 Å². The van der Waals surface area contributed by atoms with E-state index >= 15 is 0 Å². The molecule has 0 unspecified atom stereocenters. The molecule has 0 saturated heterocycles. The van der Waals surface area contributed by atoms with E-state index in [4.69, 9.17) is 0 Å². The highest BCUT2D eigenvalue weighted by Crippen LogP contribution is 2.36. The van der Waals surface area contributed by atoms with Crippen molar-refractivity contribution in [3.05, 3.63) is 35.4 Å². The van der Waals surface area contributed by atoms with Crippen LogP contribution in [0.3, 0.4) is 0 Å². The third-order valence-corrected chi connectivity index (χ3v) is 3.85. The van der Waals surface area contributed by atoms with Crippen molar-refractivity contribution in [1.82, 2.24) is 5.32 Å². The first kappa shape index (κ1) is 11.7. The topological polar surface area (TPSA) is 12.0 Å². The lowest BCUT2D eigenvalue weighted by Gasteiger charge is -2.16. The molecule has 0 saturated carbocycles. The standard InChI is InChI=1S/C15H23N/c1-3-4-9-16-11-14-10-13-7-5-6-8-15(13)12(14)2/h5-8,12,14,16H,3-4,9-11H2,1-2H3/t12-,14-/m1/s1. The SMILES string of the molecule is CCCCNC[C@H]1Cc2ccccc2[C@@H]1C. The van der Waals surface area contributed by atoms with Gasteiger partial charge in [-0.25, -0.2) is 0 Å². The van der Waals surface area contributed by atoms with Gasteiger partial charge in [-0.15, -0.1) is 0 Å². The van der Waals surface area contributed by atoms with Gasteiger partial charge in [0, 0.05) is 0 Å². The number of nitrogens with one attached hydrogen (secondary N) is 1. The molecule has 2 rings (SSSR count). The van der Waals surface area contributed by atoms with Crippen molar-refractivity contribution in [2.45, 2.75) is 39.0 Å². The summed E-state index contributed by atoms with van der Waals surface area (Å²) in [6.45, 7) is 6.97. The van der Waals surface area contributed by atoms with Crippen LogP contribution in [0.25, 0.3) is 0 Å². The molecule has 0 amide bonds. The molecular formula is C15H23N. The second-order valence-electron chi connectivity index (χ2n) is 5.01. The molecule has 0 fully saturated rings. The molecule has 1 aliphatic rings. The smallest absolute Gasteiger partial charge is 0.00116 e. The fraction of sp³-hybridized carbons (Fsp3) is 0.600. The van der Waals surface area contributed by atoms with Gasteiger partial charge >= 0.3 is 0 Å². The summed E-state index contributed by atoms with van der Waals surface area (Å²) in [5, 5.41) is 3.59. The Balaban J connectivity index is 1.87. The van der Waals surface area contributed by atoms with Gasteiger partial charge in [-0.05, 0) is 48.9 Å². The number of benzene rings is 1. The second-order valence-corrected chi connectivity index (χ2v) is 5.01. The molecular weight excluding hydrogens is 194 g/mol. The zero-order valence-electron chi connectivity index (χ0n) is 10.5. The molecule has 1 nitrogen and oxygen atoms in total. The summed E-state index contributed by atoms with van der Waals surface area (Å²) in [5.41, 5.74) is 3.14. The Hall–Kier alpha value is -0.820. The van der Waals surface area contributed by atoms with Crippen molar-refractivity contribution < 1.29 is 0 Å². The molecule has 0 aliphatic heterocycles. The molecule has 1 aromatic rings. The zero-order valence-corrected chi connectivity index (χ0v) is 10.5. The Morgan fingerprint density at radius 1 is 1.31 bits per heavy atom. The Labute approximate surface area is 99.3 Å². The largest absolute Gasteiger partial charge is 0.316 e. The minimum atomic E-state index is 0.727. The highest BCUT2D eigenvalue weighted by Gasteiger charge is 2.27. The van der Waals surface area contributed by atoms with Crippen LogP contribution in [0.1, 0.15) is 43.7 Å². The molecule has 88 valence electrons. The molecule has 1 N–H and O–H groups in total. The molecule has 0 spiro atoms. The fourth-order valence-electron chi connectivity index (χ4n) is 2.72. The van der Waals surface area contributed by atoms with Crippen LogP contribution >= 0.6 is 0 Å². The molecule has 2 atom stereocenters. The molecule has 0 aromatic heterocycles. The first-order chi connectivity index (χ1) is 7.83. The fourth-order valence-corrected chi connectivity index (χ4v) is 2.72. The Bertz CT molecular complexity index is 332. The molecule has 16 heavy (non-hydrogen) atoms. The van der Waals surface area contributed by atoms with Crippen molar-refractivity contribution in [3.63, 3.8) is 0 Å². The quantitative estimate of drug-likeness (QED) is 0.746. The highest BCUT2D eigenvalue weighted by atomic mass is 14.9. The number of hydrogen-bond donors (Lipinski definition) is 1. The van der Waals surface area contributed by atoms with Gasteiger partial charge in [0.25, 0.3) is 0 Å². The van der Waals surface area contributed by atoms with Crippen LogP contribution in [0.4, 0.5) is 0 Å². The van der Waals surface area contributed by atoms with Gasteiger partial charge in [-0.1, -0.05) is 44.5 Å². The van der Waals surface area contributed by atoms with Gasteiger partial charge < -0.3 is 5.32 Å². The summed E-state index contributed by atoms with van der Waals surface area (Å²) >= 11 is 0. The monoisotopic (exact) mass is 217 g/mol. The molecule has 0 heterocycles. The summed E-state index contributed by atoms with van der Waals surface area (Å²) in [5.74, 6) is 1.53. The third kappa shape index (κ3) is 2.46. The van der Waals surface area contributed by atoms with Crippen LogP contribution in [0, 0.1) is 5.92 Å². The molecule has 1 heteroatoms. The van der Waals surface area contributed by atoms with Crippen LogP contribution in [-0.4, -0.2) is 13.1 Å². The zero-order chi connectivity index (χ0) is 11.4. The van der Waals surface area contributed by atoms with E-state index in [1.165, 1.54) is 32.4 Å². The van der Waals surface area contributed by atoms with E-state index in [2.05, 4.69) is 43.4 Å². The van der Waals surface area contributed by atoms with Crippen molar-refractivity contribution in [2.75, 3.05) is 13.1 Å². The van der Waals surface area contributed by atoms with Crippen LogP contribution < -0.4 is 5.32 Å². The number of unbranched alkanes of at least 4 members (excludes halogenated alkanes) is 1. The van der Waals surface area contributed by atoms with Gasteiger partial charge in [0.05, 0.1) is 0 Å². The molecule has 0 radical (unpaired) electrons. The molecule has 0 bridgehead atoms. The minimum Gasteiger partial charge on any atom is -0.316 e. The van der Waals surface area contributed by atoms with E-state index < -0.39 is 0 Å². The lowest BCUT2D eigenvalue weighted by atomic mass is 9.94. The number of rotatable bonds is 5. The predicted octanol–water partition coefficient (Wildman–Crippen LogP) is 3.35. The van der Waals surface area contributed by atoms with Gasteiger partial charge in [0.1, 0.15) is 0 Å². The van der Waals surface area contributed by atoms with Crippen molar-refractivity contribution in [1.29, 1.82) is 0 Å². The predicted molar refractivity (Wildman–Crippen MR) is 69.8 cm³/mol. The first-order valence-electron chi connectivity index (χ1n) is 6.61. The summed E-state index contributed by atoms with van der Waals surface area (Å²) < 4.78 is 0. The van der Waals surface area contributed by atoms with Crippen LogP contribution in [0.2, 0.25) is 0 Å². The summed E-state index contributed by atoms with van der Waals surface area (Å²) in [6.07, 6.45) is 3.85. The van der Waals surface area contributed by atoms with Crippen molar-refractivity contribution >= 4 is 0 Å². The minimum absolute atomic E-state index is 0.727. The summed E-state index contributed by atoms with van der Waals surface area (Å²) in [4.78, 5) is 0. The van der Waals surface area contributed by atoms with E-state index in [9.17, 15) is 0 Å². The van der Waals surface area contributed by atoms with Crippen molar-refractivity contribution in [3.8, 4) is 0 Å². The van der Waals surface area contributed by atoms with Gasteiger partial charge in [-0.3, -0.25) is 0 Å². The second kappa shape index (κ2) is 5.49. The van der Waals surface area contributed by atoms with Crippen LogP contribution in [0.5, 0.6) is 0 Å². The Kier molecular flexibility index (Phi) is 4.00. The average Bonchev–Trinajstić information content (AvgIpc) is 2.63. The van der Waals surface area contributed by atoms with E-state index in [0.29, 0.717) is 0 Å². The number of hydrogen-bond acceptors (Lipinski definition) is 1. The van der Waals surface area contributed by atoms with E-state index in [1.807, 2.05) is 0 Å². The lowest BCUT2D eigenvalue weighted by Crippen LogP contribution is -2.25. The molecule has 1 aliphatic carbocycles. The maximum atomic E-state index is 3.59.